The van der Waals surface area contributed by atoms with Gasteiger partial charge in [0.25, 0.3) is 0 Å². The van der Waals surface area contributed by atoms with Crippen LogP contribution in [-0.2, 0) is 0 Å². The van der Waals surface area contributed by atoms with E-state index in [9.17, 15) is 17.3 Å². The zero-order valence-electron chi connectivity index (χ0n) is 18.7. The predicted molar refractivity (Wildman–Crippen MR) is 122 cm³/mol. The maximum absolute atomic E-state index is 9.75. The molecule has 0 aliphatic rings. The Labute approximate surface area is 193 Å². The molecule has 0 atom stereocenters. The van der Waals surface area contributed by atoms with Crippen LogP contribution in [0.5, 0.6) is 17.2 Å². The summed E-state index contributed by atoms with van der Waals surface area (Å²) in [4.78, 5) is 3.49. The summed E-state index contributed by atoms with van der Waals surface area (Å²) in [7, 11) is -1.10. The summed E-state index contributed by atoms with van der Waals surface area (Å²) in [6.07, 6.45) is 0. The summed E-state index contributed by atoms with van der Waals surface area (Å²) in [6, 6.07) is 23.5. The highest BCUT2D eigenvalue weighted by Crippen LogP contribution is 2.32. The van der Waals surface area contributed by atoms with Crippen LogP contribution in [-0.4, -0.2) is 28.6 Å². The molecule has 0 radical (unpaired) electrons. The molecule has 3 aromatic carbocycles. The summed E-state index contributed by atoms with van der Waals surface area (Å²) in [5, 5.41) is 1.94. The molecule has 1 heterocycles. The van der Waals surface area contributed by atoms with Crippen LogP contribution < -0.4 is 24.6 Å². The summed E-state index contributed by atoms with van der Waals surface area (Å²) in [5.41, 5.74) is 2.64. The maximum atomic E-state index is 9.75. The molecular formula is C24H22BF4NO4. The molecule has 0 saturated carbocycles. The lowest BCUT2D eigenvalue weighted by molar-refractivity contribution is -0.400. The van der Waals surface area contributed by atoms with Gasteiger partial charge in [-0.1, -0.05) is 12.1 Å². The topological polar surface area (TPSA) is 54.8 Å². The Hall–Kier alpha value is -3.95. The molecule has 1 N–H and O–H groups in total. The van der Waals surface area contributed by atoms with E-state index in [2.05, 4.69) is 4.99 Å². The van der Waals surface area contributed by atoms with Gasteiger partial charge in [-0.25, -0.2) is 4.99 Å². The van der Waals surface area contributed by atoms with Crippen LogP contribution in [0.15, 0.2) is 77.2 Å². The van der Waals surface area contributed by atoms with Crippen molar-refractivity contribution in [3.05, 3.63) is 78.2 Å². The van der Waals surface area contributed by atoms with E-state index in [1.54, 1.807) is 21.3 Å². The molecule has 0 bridgehead atoms. The van der Waals surface area contributed by atoms with E-state index in [1.807, 2.05) is 72.8 Å². The van der Waals surface area contributed by atoms with Gasteiger partial charge in [-0.3, -0.25) is 0 Å². The van der Waals surface area contributed by atoms with E-state index in [4.69, 9.17) is 18.6 Å². The Morgan fingerprint density at radius 3 is 2.00 bits per heavy atom. The molecule has 0 amide bonds. The Kier molecular flexibility index (Phi) is 7.83. The van der Waals surface area contributed by atoms with Gasteiger partial charge < -0.3 is 35.9 Å². The second-order valence-electron chi connectivity index (χ2n) is 6.94. The number of rotatable bonds is 5. The van der Waals surface area contributed by atoms with Gasteiger partial charge in [-0.05, 0) is 42.5 Å². The number of halogens is 4. The van der Waals surface area contributed by atoms with Crippen molar-refractivity contribution in [3.8, 4) is 28.6 Å². The third-order valence-electron chi connectivity index (χ3n) is 4.71. The summed E-state index contributed by atoms with van der Waals surface area (Å²) < 4.78 is 61.2. The molecule has 1 aromatic heterocycles. The fraction of sp³-hybridized carbons (Fsp3) is 0.125. The first kappa shape index (κ1) is 24.7. The SMILES string of the molecule is COc1ccc([NH+]=c2cc(-c3ccc(OC)c(OC)c3)oc3ccccc23)cc1.F[B-](F)(F)F. The van der Waals surface area contributed by atoms with Gasteiger partial charge in [0, 0.05) is 17.7 Å². The average molecular weight is 475 g/mol. The van der Waals surface area contributed by atoms with Gasteiger partial charge in [0.15, 0.2) is 11.5 Å². The number of methoxy groups -OCH3 is 3. The van der Waals surface area contributed by atoms with Crippen molar-refractivity contribution in [2.75, 3.05) is 21.3 Å². The van der Waals surface area contributed by atoms with Crippen molar-refractivity contribution in [3.63, 3.8) is 0 Å². The van der Waals surface area contributed by atoms with Crippen LogP contribution >= 0.6 is 0 Å². The third kappa shape index (κ3) is 6.54. The molecule has 0 unspecified atom stereocenters. The number of para-hydroxylation sites is 1. The van der Waals surface area contributed by atoms with Gasteiger partial charge >= 0.3 is 7.25 Å². The first-order valence-corrected chi connectivity index (χ1v) is 10.1. The molecule has 0 aliphatic carbocycles. The minimum absolute atomic E-state index is 0.651. The highest BCUT2D eigenvalue weighted by atomic mass is 19.5. The van der Waals surface area contributed by atoms with E-state index in [1.165, 1.54) is 0 Å². The predicted octanol–water partition coefficient (Wildman–Crippen LogP) is 4.74. The first-order valence-electron chi connectivity index (χ1n) is 10.1. The third-order valence-corrected chi connectivity index (χ3v) is 4.71. The summed E-state index contributed by atoms with van der Waals surface area (Å²) in [5.74, 6) is 2.86. The van der Waals surface area contributed by atoms with Crippen LogP contribution in [0, 0.1) is 0 Å². The Morgan fingerprint density at radius 2 is 1.38 bits per heavy atom. The van der Waals surface area contributed by atoms with Crippen molar-refractivity contribution in [2.24, 2.45) is 0 Å². The van der Waals surface area contributed by atoms with Crippen LogP contribution in [0.4, 0.5) is 23.0 Å². The zero-order chi connectivity index (χ0) is 24.7. The monoisotopic (exact) mass is 475 g/mol. The van der Waals surface area contributed by atoms with E-state index in [0.29, 0.717) is 11.5 Å². The quantitative estimate of drug-likeness (QED) is 0.335. The fourth-order valence-electron chi connectivity index (χ4n) is 3.20. The van der Waals surface area contributed by atoms with Gasteiger partial charge in [0.2, 0.25) is 11.0 Å². The van der Waals surface area contributed by atoms with Crippen LogP contribution in [0.2, 0.25) is 0 Å². The normalized spacial score (nSPS) is 11.6. The van der Waals surface area contributed by atoms with Crippen molar-refractivity contribution in [1.29, 1.82) is 0 Å². The Bertz CT molecular complexity index is 1320. The van der Waals surface area contributed by atoms with Crippen LogP contribution in [0.3, 0.4) is 0 Å². The molecule has 4 rings (SSSR count). The second kappa shape index (κ2) is 10.8. The van der Waals surface area contributed by atoms with Crippen molar-refractivity contribution in [2.45, 2.75) is 0 Å². The van der Waals surface area contributed by atoms with Gasteiger partial charge in [-0.2, -0.15) is 0 Å². The van der Waals surface area contributed by atoms with Gasteiger partial charge in [0.05, 0.1) is 32.8 Å². The highest BCUT2D eigenvalue weighted by molar-refractivity contribution is 6.50. The molecule has 5 nitrogen and oxygen atoms in total. The maximum Gasteiger partial charge on any atom is 0.673 e. The van der Waals surface area contributed by atoms with Gasteiger partial charge in [0.1, 0.15) is 17.1 Å². The molecule has 0 aliphatic heterocycles. The summed E-state index contributed by atoms with van der Waals surface area (Å²) in [6.45, 7) is 0. The minimum Gasteiger partial charge on any atom is -0.497 e. The van der Waals surface area contributed by atoms with Gasteiger partial charge in [-0.15, -0.1) is 0 Å². The number of hydrogen-bond acceptors (Lipinski definition) is 4. The molecule has 34 heavy (non-hydrogen) atoms. The highest BCUT2D eigenvalue weighted by Gasteiger charge is 2.20. The summed E-state index contributed by atoms with van der Waals surface area (Å²) >= 11 is 0. The Balaban J connectivity index is 0.000000588. The Morgan fingerprint density at radius 1 is 0.735 bits per heavy atom. The lowest BCUT2D eigenvalue weighted by atomic mass is 10.1. The van der Waals surface area contributed by atoms with E-state index >= 15 is 0 Å². The number of hydrogen-bond donors (Lipinski definition) is 1. The standard InChI is InChI=1S/C24H21NO4.BF4/c1-26-18-11-9-17(10-12-18)25-20-15-23(29-21-7-5-4-6-19(20)21)16-8-13-22(27-2)24(14-16)28-3;2-1(3,4)5/h4-15H,1-3H3;/q;-1/p+1. The number of benzene rings is 3. The number of ether oxygens (including phenoxy) is 3. The molecule has 0 spiro atoms. The molecule has 4 aromatic rings. The molecule has 10 heteroatoms. The smallest absolute Gasteiger partial charge is 0.497 e. The zero-order valence-corrected chi connectivity index (χ0v) is 18.7. The van der Waals surface area contributed by atoms with E-state index < -0.39 is 7.25 Å². The lowest BCUT2D eigenvalue weighted by Crippen LogP contribution is -2.70. The largest absolute Gasteiger partial charge is 0.673 e. The van der Waals surface area contributed by atoms with Crippen molar-refractivity contribution >= 4 is 23.9 Å². The van der Waals surface area contributed by atoms with Crippen molar-refractivity contribution < 1.29 is 40.9 Å². The second-order valence-corrected chi connectivity index (χ2v) is 6.94. The van der Waals surface area contributed by atoms with E-state index in [0.717, 1.165) is 39.1 Å². The number of nitrogens with one attached hydrogen (secondary N) is 1. The molecule has 0 fully saturated rings. The molecular weight excluding hydrogens is 453 g/mol. The van der Waals surface area contributed by atoms with E-state index in [-0.39, 0.29) is 0 Å². The minimum atomic E-state index is -6.00. The first-order chi connectivity index (χ1) is 16.2. The molecule has 178 valence electrons. The molecule has 0 saturated heterocycles. The van der Waals surface area contributed by atoms with Crippen LogP contribution in [0.25, 0.3) is 22.3 Å². The van der Waals surface area contributed by atoms with Crippen molar-refractivity contribution in [1.82, 2.24) is 0 Å². The average Bonchev–Trinajstić information content (AvgIpc) is 2.83. The lowest BCUT2D eigenvalue weighted by Gasteiger charge is -2.09. The van der Waals surface area contributed by atoms with Crippen LogP contribution in [0.1, 0.15) is 0 Å². The number of fused-ring (bicyclic) bond motifs is 1. The fourth-order valence-corrected chi connectivity index (χ4v) is 3.20.